The van der Waals surface area contributed by atoms with Crippen molar-refractivity contribution in [2.24, 2.45) is 0 Å². The maximum absolute atomic E-state index is 13.2. The number of ether oxygens (including phenoxy) is 6. The fourth-order valence-electron chi connectivity index (χ4n) is 9.94. The molecular weight excluding hydrogens is 1270 g/mol. The van der Waals surface area contributed by atoms with Gasteiger partial charge in [0.15, 0.2) is 18.9 Å². The highest BCUT2D eigenvalue weighted by molar-refractivity contribution is 6.01. The van der Waals surface area contributed by atoms with E-state index in [0.717, 1.165) is 0 Å². The molecule has 38 heteroatoms. The molecule has 0 unspecified atom stereocenters. The lowest BCUT2D eigenvalue weighted by Crippen LogP contribution is -2.59. The molecule has 4 heterocycles. The number of hydrogen-bond donors (Lipinski definition) is 18. The summed E-state index contributed by atoms with van der Waals surface area (Å²) in [6.07, 6.45) is -17.4. The Kier molecular flexibility index (Phi) is 37.9. The normalized spacial score (nSPS) is 26.8. The van der Waals surface area contributed by atoms with Crippen molar-refractivity contribution in [3.8, 4) is 0 Å². The summed E-state index contributed by atoms with van der Waals surface area (Å²) in [6, 6.07) is 0. The minimum absolute atomic E-state index is 0.0325. The quantitative estimate of drug-likeness (QED) is 0.0199. The van der Waals surface area contributed by atoms with E-state index >= 15 is 0 Å². The minimum Gasteiger partial charge on any atom is -0.394 e. The monoisotopic (exact) mass is 1370 g/mol. The molecule has 0 spiro atoms. The first-order valence-corrected chi connectivity index (χ1v) is 31.9. The molecule has 4 aliphatic heterocycles. The smallest absolute Gasteiger partial charge is 0.333 e. The van der Waals surface area contributed by atoms with Crippen LogP contribution in [0.5, 0.6) is 0 Å². The first-order valence-electron chi connectivity index (χ1n) is 31.9. The standard InChI is InChI=1S/C57H98N10O28/c1-33-46(80)49(83)52(86)55(92-33)89-22-19-62-36(70)11-5-2-7-15-58-37(71)25-65(26-38(72)59-16-8-3-6-12-45(79)95-67-43(77)13-14-44(67)78)27-39(73)60-17-9-4-10-18-61-40(74)28-66(29-41(75)63-20-23-90-56-53(87)50(84)47(81)34(31-68)93-56)30-42(76)64-21-24-91-57-54(88)51(85)48(82)35(32-69)94-57/h33-35,46-57,68-69,80-88H,2-32H2,1H3,(H,58,71)(H,59,72)(H,60,73)(H,61,74)(H,62,70)(H,63,75)(H,64,76)/t33-,34+,35+,46+,47+,48+,49+,50-,51-,52-,53-,54-,55+,56-,57-/m0/s1. The van der Waals surface area contributed by atoms with Crippen molar-refractivity contribution in [2.75, 3.05) is 118 Å². The van der Waals surface area contributed by atoms with Gasteiger partial charge in [-0.1, -0.05) is 12.8 Å². The second-order valence-electron chi connectivity index (χ2n) is 23.2. The highest BCUT2D eigenvalue weighted by Gasteiger charge is 2.46. The molecule has 15 atom stereocenters. The number of aliphatic hydroxyl groups is 11. The van der Waals surface area contributed by atoms with Crippen molar-refractivity contribution in [1.29, 1.82) is 0 Å². The van der Waals surface area contributed by atoms with Crippen LogP contribution in [0, 0.1) is 0 Å². The molecule has 4 saturated heterocycles. The number of carbonyl (C=O) groups excluding carboxylic acids is 10. The lowest BCUT2D eigenvalue weighted by atomic mass is 9.99. The van der Waals surface area contributed by atoms with Crippen molar-refractivity contribution in [3.63, 3.8) is 0 Å². The average molecular weight is 1370 g/mol. The molecule has 4 aliphatic rings. The summed E-state index contributed by atoms with van der Waals surface area (Å²) in [6.45, 7) is -2.47. The zero-order chi connectivity index (χ0) is 70.0. The number of rotatable bonds is 45. The van der Waals surface area contributed by atoms with Gasteiger partial charge in [0.25, 0.3) is 11.8 Å². The second-order valence-corrected chi connectivity index (χ2v) is 23.2. The number of imide groups is 1. The van der Waals surface area contributed by atoms with E-state index in [2.05, 4.69) is 37.2 Å². The summed E-state index contributed by atoms with van der Waals surface area (Å²) in [7, 11) is 0. The predicted molar refractivity (Wildman–Crippen MR) is 320 cm³/mol. The molecule has 0 aromatic heterocycles. The maximum atomic E-state index is 13.2. The first kappa shape index (κ1) is 81.6. The molecule has 18 N–H and O–H groups in total. The summed E-state index contributed by atoms with van der Waals surface area (Å²) >= 11 is 0. The summed E-state index contributed by atoms with van der Waals surface area (Å²) in [4.78, 5) is 134. The molecule has 0 saturated carbocycles. The van der Waals surface area contributed by atoms with Gasteiger partial charge in [-0.25, -0.2) is 4.79 Å². The van der Waals surface area contributed by atoms with Crippen molar-refractivity contribution < 1.29 is 137 Å². The van der Waals surface area contributed by atoms with Crippen LogP contribution in [0.3, 0.4) is 0 Å². The van der Waals surface area contributed by atoms with Crippen LogP contribution in [0.2, 0.25) is 0 Å². The lowest BCUT2D eigenvalue weighted by molar-refractivity contribution is -0.300. The molecule has 4 fully saturated rings. The molecule has 95 heavy (non-hydrogen) atoms. The number of nitrogens with zero attached hydrogens (tertiary/aromatic N) is 3. The molecule has 544 valence electrons. The van der Waals surface area contributed by atoms with Gasteiger partial charge in [-0.2, -0.15) is 0 Å². The molecule has 0 radical (unpaired) electrons. The molecule has 0 aromatic carbocycles. The Morgan fingerprint density at radius 2 is 0.705 bits per heavy atom. The summed E-state index contributed by atoms with van der Waals surface area (Å²) in [5, 5.41) is 128. The van der Waals surface area contributed by atoms with Crippen molar-refractivity contribution in [2.45, 2.75) is 183 Å². The molecule has 9 amide bonds. The van der Waals surface area contributed by atoms with Crippen LogP contribution < -0.4 is 37.2 Å². The van der Waals surface area contributed by atoms with Crippen LogP contribution in [0.4, 0.5) is 0 Å². The number of hydrogen-bond acceptors (Lipinski definition) is 30. The Labute approximate surface area is 547 Å². The Bertz CT molecular complexity index is 2330. The maximum Gasteiger partial charge on any atom is 0.333 e. The Balaban J connectivity index is 1.19. The predicted octanol–water partition coefficient (Wildman–Crippen LogP) is -10.2. The van der Waals surface area contributed by atoms with E-state index in [-0.39, 0.29) is 117 Å². The van der Waals surface area contributed by atoms with Crippen LogP contribution in [-0.4, -0.2) is 340 Å². The minimum atomic E-state index is -1.70. The molecule has 0 aliphatic carbocycles. The number of nitrogens with one attached hydrogen (secondary N) is 7. The third-order valence-corrected chi connectivity index (χ3v) is 15.3. The number of amides is 9. The van der Waals surface area contributed by atoms with Gasteiger partial charge in [-0.15, -0.1) is 5.06 Å². The molecule has 0 aromatic rings. The summed E-state index contributed by atoms with van der Waals surface area (Å²) in [5.41, 5.74) is 0. The second kappa shape index (κ2) is 44.1. The topological polar surface area (TPSA) is 552 Å². The van der Waals surface area contributed by atoms with Gasteiger partial charge in [-0.05, 0) is 51.9 Å². The Morgan fingerprint density at radius 3 is 1.06 bits per heavy atom. The number of aliphatic hydroxyl groups excluding tert-OH is 11. The first-order chi connectivity index (χ1) is 45.3. The molecule has 38 nitrogen and oxygen atoms in total. The van der Waals surface area contributed by atoms with E-state index < -0.39 is 178 Å². The van der Waals surface area contributed by atoms with Crippen molar-refractivity contribution in [1.82, 2.24) is 52.1 Å². The fraction of sp³-hybridized carbons (Fsp3) is 0.825. The third-order valence-electron chi connectivity index (χ3n) is 15.3. The van der Waals surface area contributed by atoms with E-state index in [1.54, 1.807) is 0 Å². The van der Waals surface area contributed by atoms with E-state index in [9.17, 15) is 104 Å². The van der Waals surface area contributed by atoms with Gasteiger partial charge < -0.3 is 127 Å². The zero-order valence-corrected chi connectivity index (χ0v) is 53.3. The number of carbonyl (C=O) groups is 10. The van der Waals surface area contributed by atoms with Crippen LogP contribution >= 0.6 is 0 Å². The van der Waals surface area contributed by atoms with Gasteiger partial charge in [-0.3, -0.25) is 53.0 Å². The van der Waals surface area contributed by atoms with Crippen LogP contribution in [-0.2, 0) is 81.2 Å². The Hall–Kier alpha value is -5.86. The van der Waals surface area contributed by atoms with E-state index in [4.69, 9.17) is 33.3 Å². The van der Waals surface area contributed by atoms with Crippen molar-refractivity contribution >= 4 is 59.1 Å². The van der Waals surface area contributed by atoms with Crippen molar-refractivity contribution in [3.05, 3.63) is 0 Å². The van der Waals surface area contributed by atoms with Gasteiger partial charge in [0.2, 0.25) is 41.4 Å². The summed E-state index contributed by atoms with van der Waals surface area (Å²) < 4.78 is 32.2. The third kappa shape index (κ3) is 29.8. The van der Waals surface area contributed by atoms with E-state index in [1.165, 1.54) is 16.7 Å². The van der Waals surface area contributed by atoms with Gasteiger partial charge in [0.1, 0.15) is 67.1 Å². The Morgan fingerprint density at radius 1 is 0.400 bits per heavy atom. The fourth-order valence-corrected chi connectivity index (χ4v) is 9.94. The van der Waals surface area contributed by atoms with E-state index in [0.29, 0.717) is 62.9 Å². The SMILES string of the molecule is C[C@@H]1O[C@@H](OCCNC(=O)CCCCCNC(=O)CN(CC(=O)NCCCCCNC(=O)CN(CC(=O)NCCO[C@H]2O[C@H](CO)[C@@H](O)[C@H](O)[C@@H]2O)CC(=O)NCCO[C@H]2O[C@H](CO)[C@@H](O)[C@H](O)[C@@H]2O)CC(=O)NCCCCCC(=O)ON2C(=O)CCC2=O)[C@@H](O)[C@H](O)[C@@H]1O. The molecular formula is C57H98N10O28. The summed E-state index contributed by atoms with van der Waals surface area (Å²) in [5.74, 6) is -5.61. The average Bonchev–Trinajstić information content (AvgIpc) is 1.47. The highest BCUT2D eigenvalue weighted by Crippen LogP contribution is 2.24. The zero-order valence-electron chi connectivity index (χ0n) is 53.3. The van der Waals surface area contributed by atoms with Crippen LogP contribution in [0.15, 0.2) is 0 Å². The number of unbranched alkanes of at least 4 members (excludes halogenated alkanes) is 6. The largest absolute Gasteiger partial charge is 0.394 e. The molecule has 4 rings (SSSR count). The van der Waals surface area contributed by atoms with Crippen LogP contribution in [0.1, 0.15) is 90.4 Å². The molecule has 0 bridgehead atoms. The highest BCUT2D eigenvalue weighted by atomic mass is 16.7. The van der Waals surface area contributed by atoms with Crippen LogP contribution in [0.25, 0.3) is 0 Å². The van der Waals surface area contributed by atoms with Gasteiger partial charge in [0.05, 0.1) is 78.4 Å². The van der Waals surface area contributed by atoms with Gasteiger partial charge in [0, 0.05) is 71.5 Å². The van der Waals surface area contributed by atoms with Gasteiger partial charge >= 0.3 is 5.97 Å². The lowest BCUT2D eigenvalue weighted by Gasteiger charge is -2.39. The van der Waals surface area contributed by atoms with E-state index in [1.807, 2.05) is 0 Å². The number of hydroxylamine groups is 2.